The Morgan fingerprint density at radius 3 is 2.25 bits per heavy atom. The molecule has 0 fully saturated rings. The summed E-state index contributed by atoms with van der Waals surface area (Å²) in [5.41, 5.74) is 0.910. The lowest BCUT2D eigenvalue weighted by atomic mass is 10.2. The maximum atomic E-state index is 12.8. The molecule has 0 atom stereocenters. The first-order chi connectivity index (χ1) is 9.29. The summed E-state index contributed by atoms with van der Waals surface area (Å²) in [6, 6.07) is 7.46. The number of nitrogens with one attached hydrogen (secondary N) is 1. The Morgan fingerprint density at radius 2 is 1.65 bits per heavy atom. The third kappa shape index (κ3) is 3.23. The third-order valence-electron chi connectivity index (χ3n) is 2.62. The van der Waals surface area contributed by atoms with E-state index in [9.17, 15) is 12.8 Å². The van der Waals surface area contributed by atoms with Crippen LogP contribution in [0.15, 0.2) is 41.3 Å². The Balaban J connectivity index is 2.38. The molecule has 0 aliphatic heterocycles. The molecule has 0 amide bonds. The Kier molecular flexibility index (Phi) is 4.22. The minimum Gasteiger partial charge on any atom is -0.278 e. The first-order valence-electron chi connectivity index (χ1n) is 5.53. The maximum absolute atomic E-state index is 12.8. The summed E-state index contributed by atoms with van der Waals surface area (Å²) in [7, 11) is -3.84. The number of hydrogen-bond donors (Lipinski definition) is 1. The van der Waals surface area contributed by atoms with Gasteiger partial charge >= 0.3 is 0 Å². The predicted octanol–water partition coefficient (Wildman–Crippen LogP) is 4.24. The number of hydrogen-bond acceptors (Lipinski definition) is 2. The molecular weight excluding hydrogens is 324 g/mol. The number of halogens is 3. The van der Waals surface area contributed by atoms with Gasteiger partial charge in [0.2, 0.25) is 0 Å². The second-order valence-electron chi connectivity index (χ2n) is 4.14. The van der Waals surface area contributed by atoms with E-state index in [4.69, 9.17) is 23.2 Å². The SMILES string of the molecule is Cc1cc(Cl)c(NS(=O)(=O)c2ccc(F)cc2)cc1Cl. The molecule has 0 aromatic heterocycles. The number of anilines is 1. The van der Waals surface area contributed by atoms with Crippen LogP contribution in [-0.2, 0) is 10.0 Å². The zero-order valence-electron chi connectivity index (χ0n) is 10.3. The molecule has 3 nitrogen and oxygen atoms in total. The van der Waals surface area contributed by atoms with E-state index in [0.29, 0.717) is 5.02 Å². The topological polar surface area (TPSA) is 46.2 Å². The molecule has 0 unspecified atom stereocenters. The van der Waals surface area contributed by atoms with Crippen LogP contribution in [0.5, 0.6) is 0 Å². The standard InChI is InChI=1S/C13H10Cl2FNO2S/c1-8-6-12(15)13(7-11(8)14)17-20(18,19)10-4-2-9(16)3-5-10/h2-7,17H,1H3. The van der Waals surface area contributed by atoms with Crippen molar-refractivity contribution < 1.29 is 12.8 Å². The van der Waals surface area contributed by atoms with Gasteiger partial charge in [0.25, 0.3) is 10.0 Å². The molecule has 106 valence electrons. The Bertz CT molecular complexity index is 746. The van der Waals surface area contributed by atoms with E-state index >= 15 is 0 Å². The minimum absolute atomic E-state index is 0.0633. The van der Waals surface area contributed by atoms with Gasteiger partial charge < -0.3 is 0 Å². The van der Waals surface area contributed by atoms with E-state index in [1.165, 1.54) is 18.2 Å². The summed E-state index contributed by atoms with van der Waals surface area (Å²) in [5.74, 6) is -0.514. The van der Waals surface area contributed by atoms with Gasteiger partial charge in [0.1, 0.15) is 5.82 Å². The molecule has 20 heavy (non-hydrogen) atoms. The first kappa shape index (κ1) is 15.1. The van der Waals surface area contributed by atoms with Crippen molar-refractivity contribution in [3.05, 3.63) is 57.8 Å². The van der Waals surface area contributed by atoms with Crippen molar-refractivity contribution >= 4 is 38.9 Å². The number of aryl methyl sites for hydroxylation is 1. The molecule has 2 aromatic rings. The van der Waals surface area contributed by atoms with Crippen LogP contribution >= 0.6 is 23.2 Å². The van der Waals surface area contributed by atoms with Gasteiger partial charge in [-0.05, 0) is 48.9 Å². The van der Waals surface area contributed by atoms with Gasteiger partial charge in [-0.1, -0.05) is 23.2 Å². The van der Waals surface area contributed by atoms with Crippen LogP contribution in [0.3, 0.4) is 0 Å². The molecular formula is C13H10Cl2FNO2S. The van der Waals surface area contributed by atoms with Crippen molar-refractivity contribution in [1.29, 1.82) is 0 Å². The van der Waals surface area contributed by atoms with Crippen LogP contribution in [0.4, 0.5) is 10.1 Å². The van der Waals surface area contributed by atoms with E-state index in [-0.39, 0.29) is 15.6 Å². The molecule has 1 N–H and O–H groups in total. The summed E-state index contributed by atoms with van der Waals surface area (Å²) in [5, 5.41) is 0.629. The fourth-order valence-corrected chi connectivity index (χ4v) is 3.10. The van der Waals surface area contributed by atoms with Crippen LogP contribution in [0.1, 0.15) is 5.56 Å². The Labute approximate surface area is 126 Å². The quantitative estimate of drug-likeness (QED) is 0.912. The average molecular weight is 334 g/mol. The largest absolute Gasteiger partial charge is 0.278 e. The van der Waals surface area contributed by atoms with Gasteiger partial charge in [0.15, 0.2) is 0 Å². The highest BCUT2D eigenvalue weighted by Crippen LogP contribution is 2.30. The molecule has 7 heteroatoms. The van der Waals surface area contributed by atoms with Crippen molar-refractivity contribution in [3.8, 4) is 0 Å². The Hall–Kier alpha value is -1.30. The smallest absolute Gasteiger partial charge is 0.261 e. The molecule has 2 aromatic carbocycles. The van der Waals surface area contributed by atoms with Crippen LogP contribution in [-0.4, -0.2) is 8.42 Å². The zero-order chi connectivity index (χ0) is 14.9. The van der Waals surface area contributed by atoms with Gasteiger partial charge in [-0.2, -0.15) is 0 Å². The number of benzene rings is 2. The monoisotopic (exact) mass is 333 g/mol. The fourth-order valence-electron chi connectivity index (χ4n) is 1.54. The van der Waals surface area contributed by atoms with Gasteiger partial charge in [-0.25, -0.2) is 12.8 Å². The van der Waals surface area contributed by atoms with Crippen molar-refractivity contribution in [2.24, 2.45) is 0 Å². The van der Waals surface area contributed by atoms with Crippen molar-refractivity contribution in [1.82, 2.24) is 0 Å². The van der Waals surface area contributed by atoms with Crippen LogP contribution in [0, 0.1) is 12.7 Å². The van der Waals surface area contributed by atoms with Gasteiger partial charge in [0.05, 0.1) is 15.6 Å². The fraction of sp³-hybridized carbons (Fsp3) is 0.0769. The lowest BCUT2D eigenvalue weighted by molar-refractivity contribution is 0.599. The van der Waals surface area contributed by atoms with E-state index in [0.717, 1.165) is 17.7 Å². The lowest BCUT2D eigenvalue weighted by Crippen LogP contribution is -2.13. The highest BCUT2D eigenvalue weighted by atomic mass is 35.5. The van der Waals surface area contributed by atoms with Gasteiger partial charge in [-0.3, -0.25) is 4.72 Å². The highest BCUT2D eigenvalue weighted by molar-refractivity contribution is 7.92. The maximum Gasteiger partial charge on any atom is 0.261 e. The molecule has 0 aliphatic rings. The predicted molar refractivity (Wildman–Crippen MR) is 78.4 cm³/mol. The van der Waals surface area contributed by atoms with E-state index < -0.39 is 15.8 Å². The summed E-state index contributed by atoms with van der Waals surface area (Å²) >= 11 is 11.9. The van der Waals surface area contributed by atoms with Crippen LogP contribution in [0.25, 0.3) is 0 Å². The van der Waals surface area contributed by atoms with Crippen LogP contribution in [0.2, 0.25) is 10.0 Å². The number of sulfonamides is 1. The molecule has 0 bridgehead atoms. The third-order valence-corrected chi connectivity index (χ3v) is 4.72. The molecule has 0 saturated heterocycles. The summed E-state index contributed by atoms with van der Waals surface area (Å²) < 4.78 is 39.4. The zero-order valence-corrected chi connectivity index (χ0v) is 12.7. The van der Waals surface area contributed by atoms with Crippen molar-refractivity contribution in [2.45, 2.75) is 11.8 Å². The Morgan fingerprint density at radius 1 is 1.05 bits per heavy atom. The molecule has 0 aliphatic carbocycles. The molecule has 0 radical (unpaired) electrons. The van der Waals surface area contributed by atoms with E-state index in [1.54, 1.807) is 13.0 Å². The van der Waals surface area contributed by atoms with Gasteiger partial charge in [0, 0.05) is 5.02 Å². The van der Waals surface area contributed by atoms with E-state index in [2.05, 4.69) is 4.72 Å². The normalized spacial score (nSPS) is 11.4. The van der Waals surface area contributed by atoms with Crippen molar-refractivity contribution in [3.63, 3.8) is 0 Å². The second kappa shape index (κ2) is 5.60. The van der Waals surface area contributed by atoms with Crippen molar-refractivity contribution in [2.75, 3.05) is 4.72 Å². The highest BCUT2D eigenvalue weighted by Gasteiger charge is 2.16. The summed E-state index contributed by atoms with van der Waals surface area (Å²) in [4.78, 5) is -0.0633. The average Bonchev–Trinajstić information content (AvgIpc) is 2.36. The number of rotatable bonds is 3. The van der Waals surface area contributed by atoms with Crippen LogP contribution < -0.4 is 4.72 Å². The minimum atomic E-state index is -3.84. The molecule has 2 rings (SSSR count). The summed E-state index contributed by atoms with van der Waals surface area (Å²) in [6.07, 6.45) is 0. The molecule has 0 spiro atoms. The summed E-state index contributed by atoms with van der Waals surface area (Å²) in [6.45, 7) is 1.76. The first-order valence-corrected chi connectivity index (χ1v) is 7.77. The molecule has 0 saturated carbocycles. The lowest BCUT2D eigenvalue weighted by Gasteiger charge is -2.11. The van der Waals surface area contributed by atoms with E-state index in [1.807, 2.05) is 0 Å². The molecule has 0 heterocycles. The second-order valence-corrected chi connectivity index (χ2v) is 6.64. The van der Waals surface area contributed by atoms with Gasteiger partial charge in [-0.15, -0.1) is 0 Å².